The average Bonchev–Trinajstić information content (AvgIpc) is 2.21. The number of carbonyl (C=O) groups excluding carboxylic acids is 1. The Morgan fingerprint density at radius 3 is 2.47 bits per heavy atom. The van der Waals surface area contributed by atoms with Crippen LogP contribution < -0.4 is 5.73 Å². The molecule has 0 saturated carbocycles. The molecule has 0 fully saturated rings. The number of nitrogen functional groups attached to an aromatic ring is 1. The molecule has 0 saturated heterocycles. The SMILES string of the molecule is C=C(CC)CC(=O)Cc1ccc(N)cc1. The Hall–Kier alpha value is -1.57. The smallest absolute Gasteiger partial charge is 0.141 e. The van der Waals surface area contributed by atoms with Gasteiger partial charge < -0.3 is 5.73 Å². The highest BCUT2D eigenvalue weighted by Gasteiger charge is 2.04. The van der Waals surface area contributed by atoms with E-state index in [4.69, 9.17) is 5.73 Å². The van der Waals surface area contributed by atoms with Gasteiger partial charge in [0.2, 0.25) is 0 Å². The number of rotatable bonds is 5. The predicted octanol–water partition coefficient (Wildman–Crippen LogP) is 2.74. The molecule has 15 heavy (non-hydrogen) atoms. The number of carbonyl (C=O) groups is 1. The van der Waals surface area contributed by atoms with Crippen LogP contribution >= 0.6 is 0 Å². The van der Waals surface area contributed by atoms with Crippen molar-refractivity contribution >= 4 is 11.5 Å². The molecule has 0 unspecified atom stereocenters. The number of ketones is 1. The molecule has 0 radical (unpaired) electrons. The number of hydrogen-bond donors (Lipinski definition) is 1. The van der Waals surface area contributed by atoms with E-state index >= 15 is 0 Å². The van der Waals surface area contributed by atoms with Crippen molar-refractivity contribution in [3.05, 3.63) is 42.0 Å². The van der Waals surface area contributed by atoms with E-state index in [1.54, 1.807) is 0 Å². The van der Waals surface area contributed by atoms with Crippen molar-refractivity contribution in [3.8, 4) is 0 Å². The number of nitrogens with two attached hydrogens (primary N) is 1. The fourth-order valence-electron chi connectivity index (χ4n) is 1.33. The molecule has 0 bridgehead atoms. The second-order valence-corrected chi connectivity index (χ2v) is 3.74. The first-order valence-corrected chi connectivity index (χ1v) is 5.14. The zero-order valence-electron chi connectivity index (χ0n) is 9.12. The lowest BCUT2D eigenvalue weighted by molar-refractivity contribution is -0.117. The zero-order chi connectivity index (χ0) is 11.3. The van der Waals surface area contributed by atoms with Crippen LogP contribution in [0.3, 0.4) is 0 Å². The summed E-state index contributed by atoms with van der Waals surface area (Å²) < 4.78 is 0. The molecule has 2 nitrogen and oxygen atoms in total. The summed E-state index contributed by atoms with van der Waals surface area (Å²) in [4.78, 5) is 11.6. The first-order chi connectivity index (χ1) is 7.11. The van der Waals surface area contributed by atoms with Crippen molar-refractivity contribution in [1.82, 2.24) is 0 Å². The summed E-state index contributed by atoms with van der Waals surface area (Å²) in [5, 5.41) is 0. The Balaban J connectivity index is 2.51. The van der Waals surface area contributed by atoms with Crippen molar-refractivity contribution in [3.63, 3.8) is 0 Å². The molecule has 0 aromatic heterocycles. The average molecular weight is 203 g/mol. The normalized spacial score (nSPS) is 9.93. The topological polar surface area (TPSA) is 43.1 Å². The fraction of sp³-hybridized carbons (Fsp3) is 0.308. The molecule has 0 amide bonds. The van der Waals surface area contributed by atoms with Gasteiger partial charge in [0.25, 0.3) is 0 Å². The molecule has 1 rings (SSSR count). The van der Waals surface area contributed by atoms with Crippen molar-refractivity contribution in [1.29, 1.82) is 0 Å². The molecule has 1 aromatic rings. The van der Waals surface area contributed by atoms with Crippen LogP contribution in [0.15, 0.2) is 36.4 Å². The van der Waals surface area contributed by atoms with Gasteiger partial charge in [0.05, 0.1) is 0 Å². The predicted molar refractivity (Wildman–Crippen MR) is 63.6 cm³/mol. The first-order valence-electron chi connectivity index (χ1n) is 5.14. The lowest BCUT2D eigenvalue weighted by Crippen LogP contribution is -2.03. The zero-order valence-corrected chi connectivity index (χ0v) is 9.12. The van der Waals surface area contributed by atoms with Crippen LogP contribution in [0.5, 0.6) is 0 Å². The van der Waals surface area contributed by atoms with Gasteiger partial charge in [0, 0.05) is 18.5 Å². The number of anilines is 1. The van der Waals surface area contributed by atoms with Gasteiger partial charge in [-0.3, -0.25) is 4.79 Å². The lowest BCUT2D eigenvalue weighted by atomic mass is 10.0. The van der Waals surface area contributed by atoms with Gasteiger partial charge in [-0.25, -0.2) is 0 Å². The summed E-state index contributed by atoms with van der Waals surface area (Å²) in [7, 11) is 0. The Morgan fingerprint density at radius 2 is 1.93 bits per heavy atom. The van der Waals surface area contributed by atoms with Crippen molar-refractivity contribution in [2.45, 2.75) is 26.2 Å². The van der Waals surface area contributed by atoms with Gasteiger partial charge in [-0.15, -0.1) is 0 Å². The van der Waals surface area contributed by atoms with Gasteiger partial charge in [0.15, 0.2) is 0 Å². The minimum Gasteiger partial charge on any atom is -0.399 e. The van der Waals surface area contributed by atoms with E-state index in [9.17, 15) is 4.79 Å². The highest BCUT2D eigenvalue weighted by Crippen LogP contribution is 2.10. The van der Waals surface area contributed by atoms with E-state index in [0.717, 1.165) is 23.2 Å². The molecule has 0 spiro atoms. The molecule has 0 atom stereocenters. The lowest BCUT2D eigenvalue weighted by Gasteiger charge is -2.03. The van der Waals surface area contributed by atoms with E-state index < -0.39 is 0 Å². The number of Topliss-reactive ketones (excluding diaryl/α,β-unsaturated/α-hetero) is 1. The third kappa shape index (κ3) is 3.98. The molecule has 0 aliphatic carbocycles. The quantitative estimate of drug-likeness (QED) is 0.590. The Morgan fingerprint density at radius 1 is 1.33 bits per heavy atom. The number of benzene rings is 1. The molecule has 80 valence electrons. The highest BCUT2D eigenvalue weighted by atomic mass is 16.1. The van der Waals surface area contributed by atoms with Gasteiger partial charge in [-0.2, -0.15) is 0 Å². The maximum atomic E-state index is 11.6. The molecular formula is C13H17NO. The summed E-state index contributed by atoms with van der Waals surface area (Å²) >= 11 is 0. The minimum absolute atomic E-state index is 0.214. The van der Waals surface area contributed by atoms with Crippen LogP contribution in [0.1, 0.15) is 25.3 Å². The van der Waals surface area contributed by atoms with Gasteiger partial charge in [-0.05, 0) is 24.1 Å². The number of allylic oxidation sites excluding steroid dienone is 1. The number of hydrogen-bond acceptors (Lipinski definition) is 2. The van der Waals surface area contributed by atoms with E-state index in [1.165, 1.54) is 0 Å². The van der Waals surface area contributed by atoms with Gasteiger partial charge in [0.1, 0.15) is 5.78 Å². The maximum absolute atomic E-state index is 11.6. The second kappa shape index (κ2) is 5.35. The Bertz CT molecular complexity index is 351. The van der Waals surface area contributed by atoms with Crippen LogP contribution in [-0.4, -0.2) is 5.78 Å². The molecule has 0 heterocycles. The molecule has 1 aromatic carbocycles. The third-order valence-corrected chi connectivity index (χ3v) is 2.33. The van der Waals surface area contributed by atoms with E-state index in [-0.39, 0.29) is 5.78 Å². The Labute approximate surface area is 90.8 Å². The van der Waals surface area contributed by atoms with Crippen LogP contribution in [0, 0.1) is 0 Å². The standard InChI is InChI=1S/C13H17NO/c1-3-10(2)8-13(15)9-11-4-6-12(14)7-5-11/h4-7H,2-3,8-9,14H2,1H3. The second-order valence-electron chi connectivity index (χ2n) is 3.74. The van der Waals surface area contributed by atoms with Crippen LogP contribution in [0.4, 0.5) is 5.69 Å². The summed E-state index contributed by atoms with van der Waals surface area (Å²) in [5.74, 6) is 0.214. The fourth-order valence-corrected chi connectivity index (χ4v) is 1.33. The van der Waals surface area contributed by atoms with Crippen molar-refractivity contribution in [2.24, 2.45) is 0 Å². The van der Waals surface area contributed by atoms with Crippen molar-refractivity contribution in [2.75, 3.05) is 5.73 Å². The molecule has 0 aliphatic rings. The first kappa shape index (κ1) is 11.5. The monoisotopic (exact) mass is 203 g/mol. The molecule has 2 heteroatoms. The summed E-state index contributed by atoms with van der Waals surface area (Å²) in [6, 6.07) is 7.42. The van der Waals surface area contributed by atoms with Crippen LogP contribution in [-0.2, 0) is 11.2 Å². The van der Waals surface area contributed by atoms with E-state index in [2.05, 4.69) is 6.58 Å². The minimum atomic E-state index is 0.214. The summed E-state index contributed by atoms with van der Waals surface area (Å²) in [5.41, 5.74) is 8.29. The summed E-state index contributed by atoms with van der Waals surface area (Å²) in [6.45, 7) is 5.84. The van der Waals surface area contributed by atoms with Crippen molar-refractivity contribution < 1.29 is 4.79 Å². The highest BCUT2D eigenvalue weighted by molar-refractivity contribution is 5.83. The van der Waals surface area contributed by atoms with E-state index in [0.29, 0.717) is 12.8 Å². The van der Waals surface area contributed by atoms with Crippen LogP contribution in [0.25, 0.3) is 0 Å². The largest absolute Gasteiger partial charge is 0.399 e. The van der Waals surface area contributed by atoms with Gasteiger partial charge >= 0.3 is 0 Å². The third-order valence-electron chi connectivity index (χ3n) is 2.33. The van der Waals surface area contributed by atoms with E-state index in [1.807, 2.05) is 31.2 Å². The molecular weight excluding hydrogens is 186 g/mol. The molecule has 0 aliphatic heterocycles. The molecule has 2 N–H and O–H groups in total. The maximum Gasteiger partial charge on any atom is 0.141 e. The summed E-state index contributed by atoms with van der Waals surface area (Å²) in [6.07, 6.45) is 1.83. The van der Waals surface area contributed by atoms with Crippen LogP contribution in [0.2, 0.25) is 0 Å². The van der Waals surface area contributed by atoms with Gasteiger partial charge in [-0.1, -0.05) is 31.2 Å². The Kier molecular flexibility index (Phi) is 4.10.